The molecule has 1 atom stereocenters. The zero-order valence-electron chi connectivity index (χ0n) is 16.7. The van der Waals surface area contributed by atoms with Crippen LogP contribution in [0.5, 0.6) is 0 Å². The maximum absolute atomic E-state index is 12.5. The number of nitrogens with one attached hydrogen (secondary N) is 1. The molecule has 0 radical (unpaired) electrons. The van der Waals surface area contributed by atoms with Crippen molar-refractivity contribution in [1.82, 2.24) is 29.5 Å². The molecule has 0 aromatic carbocycles. The van der Waals surface area contributed by atoms with Gasteiger partial charge in [-0.2, -0.15) is 4.98 Å². The largest absolute Gasteiger partial charge is 0.338 e. The Labute approximate surface area is 158 Å². The van der Waals surface area contributed by atoms with Gasteiger partial charge in [0.15, 0.2) is 5.82 Å². The number of hydrogen-bond acceptors (Lipinski definition) is 7. The highest BCUT2D eigenvalue weighted by Gasteiger charge is 2.27. The van der Waals surface area contributed by atoms with Crippen LogP contribution < -0.4 is 16.6 Å². The van der Waals surface area contributed by atoms with Crippen molar-refractivity contribution in [2.75, 3.05) is 13.1 Å². The molecule has 0 bridgehead atoms. The zero-order chi connectivity index (χ0) is 19.8. The molecular formula is C18H28N6O3. The van der Waals surface area contributed by atoms with E-state index in [0.29, 0.717) is 30.4 Å². The van der Waals surface area contributed by atoms with E-state index in [4.69, 9.17) is 4.52 Å². The number of nitrogens with zero attached hydrogens (tertiary/aromatic N) is 5. The minimum absolute atomic E-state index is 0.185. The quantitative estimate of drug-likeness (QED) is 0.792. The molecule has 9 heteroatoms. The Hall–Kier alpha value is -2.26. The van der Waals surface area contributed by atoms with Crippen LogP contribution in [0.25, 0.3) is 0 Å². The van der Waals surface area contributed by atoms with Gasteiger partial charge >= 0.3 is 5.69 Å². The fraction of sp³-hybridized carbons (Fsp3) is 0.667. The van der Waals surface area contributed by atoms with Crippen LogP contribution in [-0.4, -0.2) is 43.3 Å². The summed E-state index contributed by atoms with van der Waals surface area (Å²) < 4.78 is 8.03. The SMILES string of the molecule is Cn1cc(CN(Cc2nc(C(C)(C)C)no2)C2CCNC2)c(=O)n(C)c1=O. The van der Waals surface area contributed by atoms with E-state index in [1.807, 2.05) is 20.8 Å². The van der Waals surface area contributed by atoms with Gasteiger partial charge in [-0.3, -0.25) is 14.3 Å². The second-order valence-corrected chi connectivity index (χ2v) is 8.23. The predicted molar refractivity (Wildman–Crippen MR) is 100 cm³/mol. The van der Waals surface area contributed by atoms with Gasteiger partial charge in [0.2, 0.25) is 5.89 Å². The average Bonchev–Trinajstić information content (AvgIpc) is 3.28. The standard InChI is InChI=1S/C18H28N6O3/c1-18(2,3)16-20-14(27-21-16)11-24(13-6-7-19-8-13)10-12-9-22(4)17(26)23(5)15(12)25/h9,13,19H,6-8,10-11H2,1-5H3. The molecule has 3 rings (SSSR count). The normalized spacial score (nSPS) is 17.8. The lowest BCUT2D eigenvalue weighted by molar-refractivity contribution is 0.164. The van der Waals surface area contributed by atoms with Crippen molar-refractivity contribution in [2.24, 2.45) is 14.1 Å². The Morgan fingerprint density at radius 1 is 1.30 bits per heavy atom. The van der Waals surface area contributed by atoms with Crippen LogP contribution >= 0.6 is 0 Å². The molecule has 1 unspecified atom stereocenters. The van der Waals surface area contributed by atoms with Crippen LogP contribution in [0.15, 0.2) is 20.3 Å². The molecule has 2 aromatic rings. The van der Waals surface area contributed by atoms with E-state index in [1.54, 1.807) is 13.2 Å². The third-order valence-corrected chi connectivity index (χ3v) is 4.92. The third kappa shape index (κ3) is 4.19. The molecule has 0 spiro atoms. The Morgan fingerprint density at radius 3 is 2.63 bits per heavy atom. The summed E-state index contributed by atoms with van der Waals surface area (Å²) in [6.45, 7) is 8.76. The molecule has 0 aliphatic carbocycles. The molecule has 148 valence electrons. The molecule has 9 nitrogen and oxygen atoms in total. The fourth-order valence-electron chi connectivity index (χ4n) is 3.27. The molecule has 0 amide bonds. The predicted octanol–water partition coefficient (Wildman–Crippen LogP) is 0.129. The van der Waals surface area contributed by atoms with E-state index in [1.165, 1.54) is 11.6 Å². The smallest absolute Gasteiger partial charge is 0.330 e. The molecule has 3 heterocycles. The van der Waals surface area contributed by atoms with Crippen molar-refractivity contribution < 1.29 is 4.52 Å². The molecule has 1 saturated heterocycles. The van der Waals surface area contributed by atoms with E-state index in [9.17, 15) is 9.59 Å². The van der Waals surface area contributed by atoms with Crippen molar-refractivity contribution in [3.05, 3.63) is 44.3 Å². The minimum atomic E-state index is -0.329. The lowest BCUT2D eigenvalue weighted by atomic mass is 9.96. The maximum Gasteiger partial charge on any atom is 0.330 e. The Bertz CT molecular complexity index is 914. The van der Waals surface area contributed by atoms with Crippen molar-refractivity contribution in [3.63, 3.8) is 0 Å². The molecular weight excluding hydrogens is 348 g/mol. The van der Waals surface area contributed by atoms with Gasteiger partial charge in [-0.15, -0.1) is 0 Å². The van der Waals surface area contributed by atoms with Crippen molar-refractivity contribution in [1.29, 1.82) is 0 Å². The van der Waals surface area contributed by atoms with Crippen molar-refractivity contribution in [3.8, 4) is 0 Å². The van der Waals surface area contributed by atoms with Gasteiger partial charge in [-0.1, -0.05) is 25.9 Å². The Balaban J connectivity index is 1.88. The maximum atomic E-state index is 12.5. The van der Waals surface area contributed by atoms with Gasteiger partial charge in [-0.25, -0.2) is 4.79 Å². The molecule has 1 aliphatic rings. The van der Waals surface area contributed by atoms with Crippen LogP contribution in [0.2, 0.25) is 0 Å². The van der Waals surface area contributed by atoms with Crippen LogP contribution in [0.3, 0.4) is 0 Å². The zero-order valence-corrected chi connectivity index (χ0v) is 16.7. The van der Waals surface area contributed by atoms with Gasteiger partial charge in [-0.05, 0) is 13.0 Å². The van der Waals surface area contributed by atoms with Crippen molar-refractivity contribution >= 4 is 0 Å². The molecule has 0 saturated carbocycles. The Morgan fingerprint density at radius 2 is 2.04 bits per heavy atom. The fourth-order valence-corrected chi connectivity index (χ4v) is 3.27. The second kappa shape index (κ2) is 7.40. The first-order chi connectivity index (χ1) is 12.7. The summed E-state index contributed by atoms with van der Waals surface area (Å²) in [6.07, 6.45) is 2.60. The summed E-state index contributed by atoms with van der Waals surface area (Å²) in [7, 11) is 3.16. The monoisotopic (exact) mass is 376 g/mol. The van der Waals surface area contributed by atoms with Crippen LogP contribution in [0.4, 0.5) is 0 Å². The van der Waals surface area contributed by atoms with Gasteiger partial charge in [0, 0.05) is 50.4 Å². The van der Waals surface area contributed by atoms with E-state index in [2.05, 4.69) is 20.4 Å². The van der Waals surface area contributed by atoms with Crippen LogP contribution in [-0.2, 0) is 32.6 Å². The summed E-state index contributed by atoms with van der Waals surface area (Å²) in [4.78, 5) is 31.2. The summed E-state index contributed by atoms with van der Waals surface area (Å²) in [5, 5.41) is 7.45. The minimum Gasteiger partial charge on any atom is -0.338 e. The number of rotatable bonds is 5. The first-order valence-corrected chi connectivity index (χ1v) is 9.20. The molecule has 1 fully saturated rings. The summed E-state index contributed by atoms with van der Waals surface area (Å²) in [5.41, 5.74) is -0.212. The van der Waals surface area contributed by atoms with Gasteiger partial charge in [0.25, 0.3) is 5.56 Å². The first-order valence-electron chi connectivity index (χ1n) is 9.20. The number of aryl methyl sites for hydroxylation is 1. The van der Waals surface area contributed by atoms with Gasteiger partial charge in [0.1, 0.15) is 0 Å². The second-order valence-electron chi connectivity index (χ2n) is 8.23. The number of aromatic nitrogens is 4. The topological polar surface area (TPSA) is 98.2 Å². The molecule has 1 N–H and O–H groups in total. The summed E-state index contributed by atoms with van der Waals surface area (Å²) in [5.74, 6) is 1.20. The Kier molecular flexibility index (Phi) is 5.34. The highest BCUT2D eigenvalue weighted by atomic mass is 16.5. The van der Waals surface area contributed by atoms with Crippen LogP contribution in [0, 0.1) is 0 Å². The average molecular weight is 376 g/mol. The highest BCUT2D eigenvalue weighted by Crippen LogP contribution is 2.20. The summed E-state index contributed by atoms with van der Waals surface area (Å²) in [6, 6.07) is 0.261. The lowest BCUT2D eigenvalue weighted by Gasteiger charge is -2.26. The molecule has 1 aliphatic heterocycles. The highest BCUT2D eigenvalue weighted by molar-refractivity contribution is 5.07. The number of hydrogen-bond donors (Lipinski definition) is 1. The van der Waals surface area contributed by atoms with E-state index in [-0.39, 0.29) is 22.7 Å². The third-order valence-electron chi connectivity index (χ3n) is 4.92. The first kappa shape index (κ1) is 19.5. The van der Waals surface area contributed by atoms with Crippen molar-refractivity contribution in [2.45, 2.75) is 51.7 Å². The lowest BCUT2D eigenvalue weighted by Crippen LogP contribution is -2.42. The summed E-state index contributed by atoms with van der Waals surface area (Å²) >= 11 is 0. The van der Waals surface area contributed by atoms with Crippen LogP contribution in [0.1, 0.15) is 44.5 Å². The van der Waals surface area contributed by atoms with E-state index < -0.39 is 0 Å². The van der Waals surface area contributed by atoms with Gasteiger partial charge in [0.05, 0.1) is 6.54 Å². The molecule has 27 heavy (non-hydrogen) atoms. The van der Waals surface area contributed by atoms with E-state index >= 15 is 0 Å². The van der Waals surface area contributed by atoms with E-state index in [0.717, 1.165) is 24.1 Å². The van der Waals surface area contributed by atoms with Gasteiger partial charge < -0.3 is 14.4 Å². The molecule has 2 aromatic heterocycles.